The molecule has 2 aromatic rings. The minimum absolute atomic E-state index is 0.000204. The number of piperazine rings is 1. The van der Waals surface area contributed by atoms with Crippen LogP contribution in [0.2, 0.25) is 0 Å². The Balaban J connectivity index is 1.33. The van der Waals surface area contributed by atoms with Crippen LogP contribution in [0.3, 0.4) is 0 Å². The number of piperidine rings is 1. The quantitative estimate of drug-likeness (QED) is 0.673. The highest BCUT2D eigenvalue weighted by atomic mass is 32.2. The predicted octanol–water partition coefficient (Wildman–Crippen LogP) is 1.16. The number of nitrogens with zero attached hydrogens (tertiary/aromatic N) is 5. The van der Waals surface area contributed by atoms with Crippen molar-refractivity contribution in [1.82, 2.24) is 24.2 Å². The molecule has 1 unspecified atom stereocenters. The Hall–Kier alpha value is -2.37. The van der Waals surface area contributed by atoms with Crippen LogP contribution in [0.5, 0.6) is 0 Å². The molecule has 0 saturated carbocycles. The smallest absolute Gasteiger partial charge is 0.236 e. The van der Waals surface area contributed by atoms with Crippen molar-refractivity contribution in [3.63, 3.8) is 0 Å². The Morgan fingerprint density at radius 3 is 2.71 bits per heavy atom. The van der Waals surface area contributed by atoms with E-state index >= 15 is 0 Å². The highest BCUT2D eigenvalue weighted by Gasteiger charge is 2.30. The molecule has 2 fully saturated rings. The largest absolute Gasteiger partial charge is 0.339 e. The van der Waals surface area contributed by atoms with Crippen molar-refractivity contribution >= 4 is 15.9 Å². The van der Waals surface area contributed by atoms with Crippen molar-refractivity contribution in [2.75, 3.05) is 52.1 Å². The number of amides is 1. The van der Waals surface area contributed by atoms with Gasteiger partial charge in [0.2, 0.25) is 27.6 Å². The minimum Gasteiger partial charge on any atom is -0.339 e. The van der Waals surface area contributed by atoms with Gasteiger partial charge in [0.05, 0.1) is 18.7 Å². The van der Waals surface area contributed by atoms with E-state index in [1.165, 1.54) is 22.7 Å². The van der Waals surface area contributed by atoms with E-state index in [0.717, 1.165) is 19.4 Å². The Bertz CT molecular complexity index is 1040. The zero-order valence-electron chi connectivity index (χ0n) is 17.4. The fraction of sp³-hybridized carbons (Fsp3) is 0.550. The molecule has 2 saturated heterocycles. The third-order valence-corrected chi connectivity index (χ3v) is 7.10. The molecule has 31 heavy (non-hydrogen) atoms. The normalized spacial score (nSPS) is 21.4. The van der Waals surface area contributed by atoms with Crippen molar-refractivity contribution in [2.24, 2.45) is 0 Å². The second-order valence-corrected chi connectivity index (χ2v) is 10.1. The molecule has 11 heteroatoms. The first kappa shape index (κ1) is 21.8. The van der Waals surface area contributed by atoms with Gasteiger partial charge < -0.3 is 9.42 Å². The molecular formula is C20H26FN5O4S. The van der Waals surface area contributed by atoms with Crippen LogP contribution < -0.4 is 0 Å². The zero-order valence-corrected chi connectivity index (χ0v) is 18.2. The molecule has 2 aliphatic rings. The lowest BCUT2D eigenvalue weighted by molar-refractivity contribution is -0.133. The number of aromatic nitrogens is 2. The SMILES string of the molecule is CS(=O)(=O)N1CCN(C(=O)CN2CCCC(c3nc(-c4cccc(F)c4)no3)C2)CC1. The van der Waals surface area contributed by atoms with Gasteiger partial charge in [-0.2, -0.15) is 9.29 Å². The molecule has 9 nitrogen and oxygen atoms in total. The molecule has 1 amide bonds. The predicted molar refractivity (Wildman–Crippen MR) is 111 cm³/mol. The first-order valence-electron chi connectivity index (χ1n) is 10.3. The van der Waals surface area contributed by atoms with E-state index in [1.807, 2.05) is 0 Å². The molecule has 1 aromatic carbocycles. The van der Waals surface area contributed by atoms with Crippen molar-refractivity contribution in [3.8, 4) is 11.4 Å². The van der Waals surface area contributed by atoms with Crippen LogP contribution >= 0.6 is 0 Å². The Morgan fingerprint density at radius 1 is 1.23 bits per heavy atom. The van der Waals surface area contributed by atoms with E-state index in [9.17, 15) is 17.6 Å². The molecule has 168 valence electrons. The summed E-state index contributed by atoms with van der Waals surface area (Å²) in [4.78, 5) is 21.0. The molecule has 4 rings (SSSR count). The molecule has 0 aliphatic carbocycles. The molecule has 1 aromatic heterocycles. The lowest BCUT2D eigenvalue weighted by Crippen LogP contribution is -2.53. The van der Waals surface area contributed by atoms with E-state index < -0.39 is 10.0 Å². The van der Waals surface area contributed by atoms with Crippen molar-refractivity contribution in [1.29, 1.82) is 0 Å². The van der Waals surface area contributed by atoms with Gasteiger partial charge >= 0.3 is 0 Å². The molecule has 0 bridgehead atoms. The first-order chi connectivity index (χ1) is 14.8. The number of carbonyl (C=O) groups is 1. The Morgan fingerprint density at radius 2 is 2.00 bits per heavy atom. The second-order valence-electron chi connectivity index (χ2n) is 8.08. The summed E-state index contributed by atoms with van der Waals surface area (Å²) in [7, 11) is -3.22. The van der Waals surface area contributed by atoms with Crippen molar-refractivity contribution in [3.05, 3.63) is 36.0 Å². The highest BCUT2D eigenvalue weighted by Crippen LogP contribution is 2.27. The minimum atomic E-state index is -3.22. The van der Waals surface area contributed by atoms with Crippen molar-refractivity contribution in [2.45, 2.75) is 18.8 Å². The number of benzene rings is 1. The summed E-state index contributed by atoms with van der Waals surface area (Å²) in [6.45, 7) is 3.18. The van der Waals surface area contributed by atoms with Gasteiger partial charge in [-0.3, -0.25) is 9.69 Å². The molecular weight excluding hydrogens is 425 g/mol. The molecule has 0 N–H and O–H groups in total. The molecule has 0 radical (unpaired) electrons. The fourth-order valence-corrected chi connectivity index (χ4v) is 4.93. The number of sulfonamides is 1. The molecule has 3 heterocycles. The van der Waals surface area contributed by atoms with Crippen LogP contribution in [0.25, 0.3) is 11.4 Å². The summed E-state index contributed by atoms with van der Waals surface area (Å²) in [5.74, 6) is 0.506. The van der Waals surface area contributed by atoms with Crippen LogP contribution in [-0.2, 0) is 14.8 Å². The van der Waals surface area contributed by atoms with Gasteiger partial charge in [0.1, 0.15) is 5.82 Å². The number of likely N-dealkylation sites (tertiary alicyclic amines) is 1. The van der Waals surface area contributed by atoms with Gasteiger partial charge in [0.25, 0.3) is 0 Å². The summed E-state index contributed by atoms with van der Waals surface area (Å²) in [5, 5.41) is 3.99. The number of hydrogen-bond donors (Lipinski definition) is 0. The maximum Gasteiger partial charge on any atom is 0.236 e. The van der Waals surface area contributed by atoms with E-state index in [1.54, 1.807) is 17.0 Å². The van der Waals surface area contributed by atoms with Crippen LogP contribution in [0.15, 0.2) is 28.8 Å². The lowest BCUT2D eigenvalue weighted by atomic mass is 9.98. The monoisotopic (exact) mass is 451 g/mol. The summed E-state index contributed by atoms with van der Waals surface area (Å²) < 4.78 is 43.6. The number of hydrogen-bond acceptors (Lipinski definition) is 7. The zero-order chi connectivity index (χ0) is 22.0. The Labute approximate surface area is 180 Å². The third-order valence-electron chi connectivity index (χ3n) is 5.80. The molecule has 0 spiro atoms. The maximum absolute atomic E-state index is 13.5. The topological polar surface area (TPSA) is 99.9 Å². The fourth-order valence-electron chi connectivity index (χ4n) is 4.11. The summed E-state index contributed by atoms with van der Waals surface area (Å²) in [5.41, 5.74) is 0.561. The van der Waals surface area contributed by atoms with E-state index in [4.69, 9.17) is 4.52 Å². The summed E-state index contributed by atoms with van der Waals surface area (Å²) in [6, 6.07) is 6.06. The average molecular weight is 452 g/mol. The lowest BCUT2D eigenvalue weighted by Gasteiger charge is -2.36. The number of rotatable bonds is 5. The van der Waals surface area contributed by atoms with Gasteiger partial charge in [-0.05, 0) is 31.5 Å². The van der Waals surface area contributed by atoms with Gasteiger partial charge in [0.15, 0.2) is 0 Å². The number of carbonyl (C=O) groups excluding carboxylic acids is 1. The van der Waals surface area contributed by atoms with E-state index in [0.29, 0.717) is 50.0 Å². The molecule has 1 atom stereocenters. The van der Waals surface area contributed by atoms with Gasteiger partial charge in [-0.15, -0.1) is 0 Å². The third kappa shape index (κ3) is 5.28. The van der Waals surface area contributed by atoms with Gasteiger partial charge in [-0.25, -0.2) is 12.8 Å². The average Bonchev–Trinajstić information content (AvgIpc) is 3.24. The Kier molecular flexibility index (Phi) is 6.35. The molecule has 2 aliphatic heterocycles. The van der Waals surface area contributed by atoms with E-state index in [2.05, 4.69) is 15.0 Å². The van der Waals surface area contributed by atoms with Crippen molar-refractivity contribution < 1.29 is 22.1 Å². The number of halogens is 1. The van der Waals surface area contributed by atoms with Gasteiger partial charge in [0, 0.05) is 38.3 Å². The first-order valence-corrected chi connectivity index (χ1v) is 12.2. The van der Waals surface area contributed by atoms with Crippen LogP contribution in [0.1, 0.15) is 24.7 Å². The van der Waals surface area contributed by atoms with Crippen LogP contribution in [0.4, 0.5) is 4.39 Å². The summed E-state index contributed by atoms with van der Waals surface area (Å²) >= 11 is 0. The highest BCUT2D eigenvalue weighted by molar-refractivity contribution is 7.88. The maximum atomic E-state index is 13.5. The van der Waals surface area contributed by atoms with Gasteiger partial charge in [-0.1, -0.05) is 17.3 Å². The van der Waals surface area contributed by atoms with Crippen LogP contribution in [0, 0.1) is 5.82 Å². The standard InChI is InChI=1S/C20H26FN5O4S/c1-31(28,29)26-10-8-25(9-11-26)18(27)14-24-7-3-5-16(13-24)20-22-19(23-30-20)15-4-2-6-17(21)12-15/h2,4,6,12,16H,3,5,7-11,13-14H2,1H3. The van der Waals surface area contributed by atoms with E-state index in [-0.39, 0.29) is 24.2 Å². The van der Waals surface area contributed by atoms with Crippen LogP contribution in [-0.4, -0.2) is 90.6 Å². The summed E-state index contributed by atoms with van der Waals surface area (Å²) in [6.07, 6.45) is 2.97. The second kappa shape index (κ2) is 9.01.